The molecule has 1 amide bonds. The van der Waals surface area contributed by atoms with Crippen LogP contribution in [-0.2, 0) is 20.7 Å². The van der Waals surface area contributed by atoms with Crippen molar-refractivity contribution < 1.29 is 19.0 Å². The second-order valence-electron chi connectivity index (χ2n) is 9.90. The smallest absolute Gasteiger partial charge is 0.222 e. The fourth-order valence-electron chi connectivity index (χ4n) is 5.61. The maximum Gasteiger partial charge on any atom is 0.222 e. The van der Waals surface area contributed by atoms with Crippen LogP contribution in [0.4, 0.5) is 5.82 Å². The van der Waals surface area contributed by atoms with Gasteiger partial charge in [0.15, 0.2) is 11.6 Å². The second-order valence-corrected chi connectivity index (χ2v) is 9.90. The van der Waals surface area contributed by atoms with Gasteiger partial charge < -0.3 is 24.4 Å². The fourth-order valence-corrected chi connectivity index (χ4v) is 5.61. The number of nitrogens with one attached hydrogen (secondary N) is 1. The highest BCUT2D eigenvalue weighted by Gasteiger charge is 2.27. The van der Waals surface area contributed by atoms with Crippen molar-refractivity contribution in [3.05, 3.63) is 17.8 Å². The molecule has 0 bridgehead atoms. The molecule has 1 aliphatic carbocycles. The van der Waals surface area contributed by atoms with Crippen molar-refractivity contribution in [1.82, 2.24) is 15.2 Å². The SMILES string of the molecule is O=C(C[C@@H]1COCCO1)N[C@H]1CC[C@H](CCN2CCN(c3nccc4c3OCC4)CC2)CC1. The molecule has 0 radical (unpaired) electrons. The van der Waals surface area contributed by atoms with Gasteiger partial charge in [0, 0.05) is 50.4 Å². The summed E-state index contributed by atoms with van der Waals surface area (Å²) < 4.78 is 16.8. The van der Waals surface area contributed by atoms with Gasteiger partial charge in [-0.2, -0.15) is 0 Å². The Morgan fingerprint density at radius 2 is 1.94 bits per heavy atom. The first-order valence-corrected chi connectivity index (χ1v) is 12.8. The summed E-state index contributed by atoms with van der Waals surface area (Å²) in [4.78, 5) is 21.9. The minimum Gasteiger partial charge on any atom is -0.489 e. The maximum atomic E-state index is 12.3. The topological polar surface area (TPSA) is 76.2 Å². The molecule has 0 aromatic carbocycles. The van der Waals surface area contributed by atoms with Crippen LogP contribution in [0.25, 0.3) is 0 Å². The lowest BCUT2D eigenvalue weighted by molar-refractivity contribution is -0.132. The Labute approximate surface area is 196 Å². The summed E-state index contributed by atoms with van der Waals surface area (Å²) in [5, 5.41) is 3.22. The van der Waals surface area contributed by atoms with Crippen molar-refractivity contribution in [2.24, 2.45) is 5.92 Å². The lowest BCUT2D eigenvalue weighted by Gasteiger charge is -2.37. The van der Waals surface area contributed by atoms with Crippen LogP contribution in [0.15, 0.2) is 12.3 Å². The molecule has 0 unspecified atom stereocenters. The number of hydrogen-bond acceptors (Lipinski definition) is 7. The first kappa shape index (κ1) is 22.9. The Morgan fingerprint density at radius 3 is 2.73 bits per heavy atom. The number of aromatic nitrogens is 1. The molecule has 33 heavy (non-hydrogen) atoms. The summed E-state index contributed by atoms with van der Waals surface area (Å²) >= 11 is 0. The van der Waals surface area contributed by atoms with Crippen molar-refractivity contribution in [2.45, 2.75) is 57.1 Å². The van der Waals surface area contributed by atoms with E-state index in [9.17, 15) is 4.79 Å². The van der Waals surface area contributed by atoms with Crippen LogP contribution < -0.4 is 15.0 Å². The van der Waals surface area contributed by atoms with Crippen LogP contribution in [0, 0.1) is 5.92 Å². The van der Waals surface area contributed by atoms with Crippen LogP contribution in [0.1, 0.15) is 44.1 Å². The number of amides is 1. The Hall–Kier alpha value is -1.90. The van der Waals surface area contributed by atoms with Gasteiger partial charge in [-0.05, 0) is 50.6 Å². The average Bonchev–Trinajstić information content (AvgIpc) is 3.34. The molecule has 1 aromatic rings. The molecular weight excluding hydrogens is 420 g/mol. The molecule has 182 valence electrons. The predicted molar refractivity (Wildman–Crippen MR) is 126 cm³/mol. The Morgan fingerprint density at radius 1 is 1.09 bits per heavy atom. The highest BCUT2D eigenvalue weighted by molar-refractivity contribution is 5.76. The number of anilines is 1. The minimum absolute atomic E-state index is 0.0818. The monoisotopic (exact) mass is 458 g/mol. The number of nitrogens with zero attached hydrogens (tertiary/aromatic N) is 3. The number of carbonyl (C=O) groups excluding carboxylic acids is 1. The number of rotatable bonds is 7. The van der Waals surface area contributed by atoms with E-state index < -0.39 is 0 Å². The molecule has 2 saturated heterocycles. The molecule has 3 aliphatic heterocycles. The second kappa shape index (κ2) is 11.0. The van der Waals surface area contributed by atoms with Gasteiger partial charge in [0.1, 0.15) is 0 Å². The highest BCUT2D eigenvalue weighted by atomic mass is 16.6. The Bertz CT molecular complexity index is 785. The van der Waals surface area contributed by atoms with E-state index in [0.29, 0.717) is 32.3 Å². The number of hydrogen-bond donors (Lipinski definition) is 1. The van der Waals surface area contributed by atoms with Crippen molar-refractivity contribution in [2.75, 3.05) is 64.1 Å². The van der Waals surface area contributed by atoms with Crippen molar-refractivity contribution in [3.8, 4) is 5.75 Å². The standard InChI is InChI=1S/C25H38N4O4/c30-23(17-22-18-31-15-16-32-22)27-21-3-1-19(2-4-21)6-9-28-10-12-29(13-11-28)25-24-20(5-8-26-25)7-14-33-24/h5,8,19,21-22H,1-4,6-7,9-18H2,(H,27,30)/t19-,21-,22-/m1/s1. The number of carbonyl (C=O) groups is 1. The van der Waals surface area contributed by atoms with Crippen molar-refractivity contribution >= 4 is 11.7 Å². The number of pyridine rings is 1. The summed E-state index contributed by atoms with van der Waals surface area (Å²) in [5.41, 5.74) is 1.30. The molecule has 1 saturated carbocycles. The van der Waals surface area contributed by atoms with E-state index in [4.69, 9.17) is 14.2 Å². The van der Waals surface area contributed by atoms with Gasteiger partial charge in [-0.1, -0.05) is 0 Å². The molecule has 1 atom stereocenters. The molecule has 4 aliphatic rings. The average molecular weight is 459 g/mol. The zero-order valence-electron chi connectivity index (χ0n) is 19.7. The quantitative estimate of drug-likeness (QED) is 0.670. The molecule has 8 heteroatoms. The Kier molecular flexibility index (Phi) is 7.64. The van der Waals surface area contributed by atoms with E-state index >= 15 is 0 Å². The first-order chi connectivity index (χ1) is 16.2. The summed E-state index contributed by atoms with van der Waals surface area (Å²) in [6, 6.07) is 2.41. The van der Waals surface area contributed by atoms with Crippen LogP contribution in [0.5, 0.6) is 5.75 Å². The third-order valence-electron chi connectivity index (χ3n) is 7.62. The van der Waals surface area contributed by atoms with Gasteiger partial charge >= 0.3 is 0 Å². The lowest BCUT2D eigenvalue weighted by Crippen LogP contribution is -2.47. The maximum absolute atomic E-state index is 12.3. The van der Waals surface area contributed by atoms with Gasteiger partial charge in [-0.25, -0.2) is 4.98 Å². The van der Waals surface area contributed by atoms with E-state index in [1.165, 1.54) is 31.4 Å². The third kappa shape index (κ3) is 5.97. The van der Waals surface area contributed by atoms with Crippen molar-refractivity contribution in [3.63, 3.8) is 0 Å². The van der Waals surface area contributed by atoms with Crippen LogP contribution >= 0.6 is 0 Å². The molecule has 4 heterocycles. The summed E-state index contributed by atoms with van der Waals surface area (Å²) in [6.45, 7) is 7.92. The van der Waals surface area contributed by atoms with Gasteiger partial charge in [-0.15, -0.1) is 0 Å². The zero-order valence-corrected chi connectivity index (χ0v) is 19.7. The lowest BCUT2D eigenvalue weighted by atomic mass is 9.84. The predicted octanol–water partition coefficient (Wildman–Crippen LogP) is 2.01. The van der Waals surface area contributed by atoms with E-state index in [-0.39, 0.29) is 12.0 Å². The van der Waals surface area contributed by atoms with Gasteiger partial charge in [0.25, 0.3) is 0 Å². The largest absolute Gasteiger partial charge is 0.489 e. The minimum atomic E-state index is -0.0818. The van der Waals surface area contributed by atoms with Crippen LogP contribution in [0.2, 0.25) is 0 Å². The van der Waals surface area contributed by atoms with Crippen LogP contribution in [0.3, 0.4) is 0 Å². The Balaban J connectivity index is 0.980. The number of piperazine rings is 1. The van der Waals surface area contributed by atoms with E-state index in [1.54, 1.807) is 0 Å². The van der Waals surface area contributed by atoms with E-state index in [1.807, 2.05) is 6.20 Å². The molecule has 5 rings (SSSR count). The summed E-state index contributed by atoms with van der Waals surface area (Å²) in [6.07, 6.45) is 9.13. The molecular formula is C25H38N4O4. The van der Waals surface area contributed by atoms with Crippen molar-refractivity contribution in [1.29, 1.82) is 0 Å². The summed E-state index contributed by atoms with van der Waals surface area (Å²) in [7, 11) is 0. The summed E-state index contributed by atoms with van der Waals surface area (Å²) in [5.74, 6) is 2.93. The number of ether oxygens (including phenoxy) is 3. The fraction of sp³-hybridized carbons (Fsp3) is 0.760. The molecule has 1 N–H and O–H groups in total. The normalized spacial score (nSPS) is 28.2. The number of fused-ring (bicyclic) bond motifs is 1. The van der Waals surface area contributed by atoms with Gasteiger partial charge in [0.2, 0.25) is 5.91 Å². The molecule has 1 aromatic heterocycles. The molecule has 3 fully saturated rings. The van der Waals surface area contributed by atoms with Crippen LogP contribution in [-0.4, -0.2) is 87.1 Å². The zero-order chi connectivity index (χ0) is 22.5. The van der Waals surface area contributed by atoms with E-state index in [2.05, 4.69) is 26.2 Å². The molecule has 0 spiro atoms. The molecule has 8 nitrogen and oxygen atoms in total. The van der Waals surface area contributed by atoms with E-state index in [0.717, 1.165) is 69.5 Å². The van der Waals surface area contributed by atoms with Gasteiger partial charge in [0.05, 0.1) is 39.0 Å². The highest BCUT2D eigenvalue weighted by Crippen LogP contribution is 2.34. The third-order valence-corrected chi connectivity index (χ3v) is 7.62. The first-order valence-electron chi connectivity index (χ1n) is 12.8. The van der Waals surface area contributed by atoms with Gasteiger partial charge in [-0.3, -0.25) is 9.69 Å².